The van der Waals surface area contributed by atoms with Crippen molar-refractivity contribution in [2.45, 2.75) is 18.6 Å². The molecule has 1 aliphatic rings. The Balaban J connectivity index is 1.71. The fraction of sp³-hybridized carbons (Fsp3) is 0.350. The number of rotatable bonds is 6. The van der Waals surface area contributed by atoms with E-state index in [9.17, 15) is 14.3 Å². The Hall–Kier alpha value is -2.28. The van der Waals surface area contributed by atoms with Gasteiger partial charge in [-0.05, 0) is 35.4 Å². The van der Waals surface area contributed by atoms with E-state index in [0.717, 1.165) is 11.1 Å². The van der Waals surface area contributed by atoms with Gasteiger partial charge in [0.25, 0.3) is 0 Å². The summed E-state index contributed by atoms with van der Waals surface area (Å²) in [6.07, 6.45) is 0.482. The molecule has 6 heteroatoms. The third-order valence-electron chi connectivity index (χ3n) is 4.64. The summed E-state index contributed by atoms with van der Waals surface area (Å²) >= 11 is 0. The molecule has 5 nitrogen and oxygen atoms in total. The maximum absolute atomic E-state index is 13.1. The van der Waals surface area contributed by atoms with Crippen LogP contribution >= 0.6 is 0 Å². The van der Waals surface area contributed by atoms with E-state index in [4.69, 9.17) is 9.84 Å². The van der Waals surface area contributed by atoms with Gasteiger partial charge in [0.2, 0.25) is 0 Å². The maximum atomic E-state index is 13.1. The summed E-state index contributed by atoms with van der Waals surface area (Å²) < 4.78 is 19.0. The first-order chi connectivity index (χ1) is 12.5. The van der Waals surface area contributed by atoms with Gasteiger partial charge in [0.15, 0.2) is 0 Å². The van der Waals surface area contributed by atoms with Gasteiger partial charge in [-0.25, -0.2) is 9.18 Å². The number of benzene rings is 2. The van der Waals surface area contributed by atoms with E-state index in [2.05, 4.69) is 4.90 Å². The zero-order chi connectivity index (χ0) is 18.6. The molecule has 0 aromatic heterocycles. The van der Waals surface area contributed by atoms with Crippen LogP contribution < -0.4 is 0 Å². The lowest BCUT2D eigenvalue weighted by Gasteiger charge is -2.42. The molecule has 0 amide bonds. The number of carbonyl (C=O) groups is 1. The van der Waals surface area contributed by atoms with Gasteiger partial charge in [-0.3, -0.25) is 4.90 Å². The number of aliphatic hydroxyl groups is 1. The highest BCUT2D eigenvalue weighted by molar-refractivity contribution is 5.87. The molecule has 0 saturated carbocycles. The molecule has 2 aromatic rings. The molecule has 2 N–H and O–H groups in total. The average Bonchev–Trinajstić information content (AvgIpc) is 2.64. The lowest BCUT2D eigenvalue weighted by molar-refractivity contribution is -0.134. The molecular weight excluding hydrogens is 337 g/mol. The Morgan fingerprint density at radius 3 is 2.65 bits per heavy atom. The van der Waals surface area contributed by atoms with Crippen molar-refractivity contribution in [2.75, 3.05) is 26.3 Å². The quantitative estimate of drug-likeness (QED) is 0.828. The van der Waals surface area contributed by atoms with Gasteiger partial charge in [-0.1, -0.05) is 24.3 Å². The van der Waals surface area contributed by atoms with Crippen LogP contribution in [0.3, 0.4) is 0 Å². The molecule has 3 rings (SSSR count). The number of aliphatic hydroxyl groups excluding tert-OH is 1. The van der Waals surface area contributed by atoms with Crippen molar-refractivity contribution in [3.63, 3.8) is 0 Å². The highest BCUT2D eigenvalue weighted by Gasteiger charge is 2.36. The van der Waals surface area contributed by atoms with Crippen molar-refractivity contribution in [1.82, 2.24) is 4.90 Å². The first-order valence-corrected chi connectivity index (χ1v) is 8.53. The predicted molar refractivity (Wildman–Crippen MR) is 94.6 cm³/mol. The van der Waals surface area contributed by atoms with Gasteiger partial charge in [0.05, 0.1) is 18.8 Å². The third-order valence-corrected chi connectivity index (χ3v) is 4.64. The Labute approximate surface area is 151 Å². The molecule has 0 aliphatic carbocycles. The predicted octanol–water partition coefficient (Wildman–Crippen LogP) is 2.33. The van der Waals surface area contributed by atoms with Gasteiger partial charge < -0.3 is 14.9 Å². The van der Waals surface area contributed by atoms with Gasteiger partial charge in [-0.15, -0.1) is 0 Å². The summed E-state index contributed by atoms with van der Waals surface area (Å²) in [5.41, 5.74) is 1.31. The second-order valence-corrected chi connectivity index (χ2v) is 6.71. The summed E-state index contributed by atoms with van der Waals surface area (Å²) in [5.74, 6) is -1.24. The largest absolute Gasteiger partial charge is 0.478 e. The Morgan fingerprint density at radius 2 is 1.96 bits per heavy atom. The number of hydrogen-bond acceptors (Lipinski definition) is 4. The molecule has 1 atom stereocenters. The van der Waals surface area contributed by atoms with Crippen LogP contribution in [0.2, 0.25) is 0 Å². The van der Waals surface area contributed by atoms with Crippen molar-refractivity contribution in [2.24, 2.45) is 0 Å². The zero-order valence-corrected chi connectivity index (χ0v) is 14.4. The average molecular weight is 359 g/mol. The van der Waals surface area contributed by atoms with Crippen LogP contribution in [0.25, 0.3) is 0 Å². The van der Waals surface area contributed by atoms with Crippen molar-refractivity contribution < 1.29 is 24.1 Å². The minimum Gasteiger partial charge on any atom is -0.478 e. The molecule has 1 aliphatic heterocycles. The lowest BCUT2D eigenvalue weighted by Crippen LogP contribution is -2.55. The van der Waals surface area contributed by atoms with Crippen molar-refractivity contribution >= 4 is 5.97 Å². The molecule has 0 bridgehead atoms. The van der Waals surface area contributed by atoms with Gasteiger partial charge in [0.1, 0.15) is 11.4 Å². The number of hydrogen-bond donors (Lipinski definition) is 2. The van der Waals surface area contributed by atoms with E-state index in [-0.39, 0.29) is 18.0 Å². The van der Waals surface area contributed by atoms with E-state index in [0.29, 0.717) is 32.7 Å². The highest BCUT2D eigenvalue weighted by Crippen LogP contribution is 2.24. The van der Waals surface area contributed by atoms with Gasteiger partial charge in [-0.2, -0.15) is 0 Å². The first kappa shape index (κ1) is 18.5. The Bertz CT molecular complexity index is 765. The summed E-state index contributed by atoms with van der Waals surface area (Å²) in [6.45, 7) is 2.12. The van der Waals surface area contributed by atoms with Crippen molar-refractivity contribution in [3.8, 4) is 0 Å². The number of aromatic carboxylic acids is 1. The number of nitrogens with zero attached hydrogens (tertiary/aromatic N) is 1. The van der Waals surface area contributed by atoms with Crippen LogP contribution in [-0.2, 0) is 17.7 Å². The summed E-state index contributed by atoms with van der Waals surface area (Å²) in [6, 6.07) is 13.1. The van der Waals surface area contributed by atoms with Crippen LogP contribution in [0, 0.1) is 5.82 Å². The van der Waals surface area contributed by atoms with Crippen LogP contribution in [0.15, 0.2) is 48.5 Å². The van der Waals surface area contributed by atoms with E-state index in [1.54, 1.807) is 30.3 Å². The Morgan fingerprint density at radius 1 is 1.19 bits per heavy atom. The molecule has 1 fully saturated rings. The minimum absolute atomic E-state index is 0.143. The second-order valence-electron chi connectivity index (χ2n) is 6.71. The Kier molecular flexibility index (Phi) is 5.66. The van der Waals surface area contributed by atoms with Crippen molar-refractivity contribution in [3.05, 3.63) is 71.0 Å². The molecule has 2 aromatic carbocycles. The fourth-order valence-electron chi connectivity index (χ4n) is 3.35. The van der Waals surface area contributed by atoms with Crippen LogP contribution in [0.5, 0.6) is 0 Å². The minimum atomic E-state index is -0.949. The van der Waals surface area contributed by atoms with E-state index < -0.39 is 11.6 Å². The summed E-state index contributed by atoms with van der Waals surface area (Å²) in [7, 11) is 0. The van der Waals surface area contributed by atoms with E-state index >= 15 is 0 Å². The van der Waals surface area contributed by atoms with Crippen LogP contribution in [0.4, 0.5) is 4.39 Å². The number of carboxylic acids is 1. The molecule has 1 heterocycles. The van der Waals surface area contributed by atoms with Gasteiger partial charge >= 0.3 is 5.97 Å². The molecule has 1 saturated heterocycles. The standard InChI is InChI=1S/C20H22FNO4/c21-18-6-4-15(5-7-18)11-20(14-23)13-22(8-9-26-20)12-16-2-1-3-17(10-16)19(24)25/h1-7,10,23H,8-9,11-14H2,(H,24,25). The number of morpholine rings is 1. The first-order valence-electron chi connectivity index (χ1n) is 8.53. The molecule has 138 valence electrons. The smallest absolute Gasteiger partial charge is 0.335 e. The normalized spacial score (nSPS) is 20.8. The van der Waals surface area contributed by atoms with Crippen LogP contribution in [0.1, 0.15) is 21.5 Å². The molecule has 26 heavy (non-hydrogen) atoms. The molecule has 0 spiro atoms. The number of carboxylic acid groups (broad SMARTS) is 1. The van der Waals surface area contributed by atoms with Gasteiger partial charge in [0, 0.05) is 26.1 Å². The van der Waals surface area contributed by atoms with E-state index in [1.165, 1.54) is 12.1 Å². The fourth-order valence-corrected chi connectivity index (χ4v) is 3.35. The molecule has 1 unspecified atom stereocenters. The third kappa shape index (κ3) is 4.46. The summed E-state index contributed by atoms with van der Waals surface area (Å²) in [4.78, 5) is 13.3. The number of halogens is 1. The molecule has 0 radical (unpaired) electrons. The topological polar surface area (TPSA) is 70.0 Å². The monoisotopic (exact) mass is 359 g/mol. The second kappa shape index (κ2) is 7.95. The van der Waals surface area contributed by atoms with Crippen LogP contribution in [-0.4, -0.2) is 53.0 Å². The number of ether oxygens (including phenoxy) is 1. The SMILES string of the molecule is O=C(O)c1cccc(CN2CCOC(CO)(Cc3ccc(F)cc3)C2)c1. The lowest BCUT2D eigenvalue weighted by atomic mass is 9.93. The highest BCUT2D eigenvalue weighted by atomic mass is 19.1. The maximum Gasteiger partial charge on any atom is 0.335 e. The molecular formula is C20H22FNO4. The van der Waals surface area contributed by atoms with E-state index in [1.807, 2.05) is 6.07 Å². The summed E-state index contributed by atoms with van der Waals surface area (Å²) in [5, 5.41) is 19.1. The van der Waals surface area contributed by atoms with Crippen molar-refractivity contribution in [1.29, 1.82) is 0 Å². The zero-order valence-electron chi connectivity index (χ0n) is 14.4.